The Hall–Kier alpha value is -7.46. The van der Waals surface area contributed by atoms with Gasteiger partial charge in [0.1, 0.15) is 23.3 Å². The number of pyridine rings is 2. The second-order valence-electron chi connectivity index (χ2n) is 16.9. The van der Waals surface area contributed by atoms with Crippen LogP contribution in [0.4, 0.5) is 31.9 Å². The summed E-state index contributed by atoms with van der Waals surface area (Å²) in [5, 5.41) is 18.0. The lowest BCUT2D eigenvalue weighted by molar-refractivity contribution is -0.139. The summed E-state index contributed by atoms with van der Waals surface area (Å²) in [6.07, 6.45) is 11.6. The zero-order valence-corrected chi connectivity index (χ0v) is 37.6. The molecule has 10 heterocycles. The van der Waals surface area contributed by atoms with E-state index < -0.39 is 17.9 Å². The summed E-state index contributed by atoms with van der Waals surface area (Å²) in [5.74, 6) is 1.10. The van der Waals surface area contributed by atoms with Gasteiger partial charge in [0.2, 0.25) is 5.95 Å². The van der Waals surface area contributed by atoms with E-state index in [1.807, 2.05) is 34.6 Å². The number of nitrogens with zero attached hydrogens (tertiary/aromatic N) is 16. The molecule has 6 aromatic heterocycles. The van der Waals surface area contributed by atoms with Crippen LogP contribution in [0.25, 0.3) is 23.3 Å². The molecule has 4 aliphatic rings. The zero-order valence-electron chi connectivity index (χ0n) is 37.6. The lowest BCUT2D eigenvalue weighted by atomic mass is 9.99. The minimum atomic E-state index is -0.841. The fraction of sp³-hybridized carbons (Fsp3) is 0.391. The highest BCUT2D eigenvalue weighted by molar-refractivity contribution is 5.69. The number of fused-ring (bicyclic) bond motifs is 2. The van der Waals surface area contributed by atoms with E-state index in [-0.39, 0.29) is 31.0 Å². The molecule has 0 aromatic carbocycles. The van der Waals surface area contributed by atoms with Crippen molar-refractivity contribution in [3.05, 3.63) is 108 Å². The van der Waals surface area contributed by atoms with E-state index >= 15 is 0 Å². The standard InChI is InChI=1S/2C23H25FN8O2/c1-15-17-13-27-23(22-25-4-2-5-26-22)28-18(17)3-6-32(15)20-12-16(11-19(24)29-20)31-9-7-30(8-10-31)14-21(33)34;1-15-17-13-27-23(22-25-4-2-5-26-22)28-18(17)3-6-32(15)20-12-16(24)11-19(29-20)31-9-7-30(8-10-31)14-21(33)34/h2*2,4-5,11-13,15H,3,6-10,14H2,1H3,(H,33,34). The molecule has 0 saturated carbocycles. The number of rotatable bonds is 10. The number of aliphatic carboxylic acids is 2. The number of carboxylic acid groups (broad SMARTS) is 2. The quantitative estimate of drug-likeness (QED) is 0.187. The molecule has 22 heteroatoms. The predicted molar refractivity (Wildman–Crippen MR) is 246 cm³/mol. The van der Waals surface area contributed by atoms with Gasteiger partial charge >= 0.3 is 11.9 Å². The minimum absolute atomic E-state index is 0.0144. The highest BCUT2D eigenvalue weighted by Gasteiger charge is 2.31. The molecule has 10 rings (SSSR count). The van der Waals surface area contributed by atoms with E-state index in [4.69, 9.17) is 15.2 Å². The smallest absolute Gasteiger partial charge is 0.317 e. The molecule has 0 radical (unpaired) electrons. The van der Waals surface area contributed by atoms with Gasteiger partial charge < -0.3 is 29.8 Å². The van der Waals surface area contributed by atoms with Crippen LogP contribution in [-0.2, 0) is 22.4 Å². The maximum Gasteiger partial charge on any atom is 0.317 e. The molecule has 4 aliphatic heterocycles. The molecule has 2 fully saturated rings. The molecule has 0 spiro atoms. The summed E-state index contributed by atoms with van der Waals surface area (Å²) in [5.41, 5.74) is 4.57. The van der Waals surface area contributed by atoms with Crippen molar-refractivity contribution in [2.24, 2.45) is 0 Å². The number of anilines is 4. The van der Waals surface area contributed by atoms with E-state index in [1.165, 1.54) is 18.2 Å². The van der Waals surface area contributed by atoms with Crippen molar-refractivity contribution in [1.29, 1.82) is 0 Å². The fourth-order valence-corrected chi connectivity index (χ4v) is 9.06. The van der Waals surface area contributed by atoms with E-state index in [2.05, 4.69) is 59.6 Å². The SMILES string of the molecule is CC1c2cnc(-c3ncccn3)nc2CCN1c1cc(F)cc(N2CCN(CC(=O)O)CC2)n1.CC1c2cnc(-c3ncccn3)nc2CCN1c1cc(N2CCN(CC(=O)O)CC2)cc(F)n1. The number of carbonyl (C=O) groups is 2. The van der Waals surface area contributed by atoms with Crippen LogP contribution in [0.15, 0.2) is 73.6 Å². The van der Waals surface area contributed by atoms with Gasteiger partial charge in [-0.3, -0.25) is 19.4 Å². The first-order valence-electron chi connectivity index (χ1n) is 22.5. The molecule has 68 heavy (non-hydrogen) atoms. The van der Waals surface area contributed by atoms with Gasteiger partial charge in [0.15, 0.2) is 23.3 Å². The Bertz CT molecular complexity index is 2560. The predicted octanol–water partition coefficient (Wildman–Crippen LogP) is 3.60. The first-order valence-corrected chi connectivity index (χ1v) is 22.5. The van der Waals surface area contributed by atoms with E-state index in [0.29, 0.717) is 119 Å². The van der Waals surface area contributed by atoms with Crippen molar-refractivity contribution in [2.45, 2.75) is 38.8 Å². The van der Waals surface area contributed by atoms with Crippen molar-refractivity contribution in [3.63, 3.8) is 0 Å². The summed E-state index contributed by atoms with van der Waals surface area (Å²) in [6, 6.07) is 9.58. The summed E-state index contributed by atoms with van der Waals surface area (Å²) in [4.78, 5) is 78.0. The van der Waals surface area contributed by atoms with Crippen LogP contribution < -0.4 is 19.6 Å². The number of hydrogen-bond donors (Lipinski definition) is 2. The molecule has 20 nitrogen and oxygen atoms in total. The van der Waals surface area contributed by atoms with Crippen molar-refractivity contribution in [3.8, 4) is 23.3 Å². The Morgan fingerprint density at radius 1 is 0.544 bits per heavy atom. The number of halogens is 2. The van der Waals surface area contributed by atoms with Gasteiger partial charge in [-0.1, -0.05) is 0 Å². The van der Waals surface area contributed by atoms with Crippen molar-refractivity contribution >= 4 is 35.1 Å². The molecule has 6 aromatic rings. The van der Waals surface area contributed by atoms with Gasteiger partial charge in [-0.2, -0.15) is 4.39 Å². The summed E-state index contributed by atoms with van der Waals surface area (Å²) in [7, 11) is 0. The van der Waals surface area contributed by atoms with Crippen molar-refractivity contribution < 1.29 is 28.6 Å². The number of hydrogen-bond acceptors (Lipinski definition) is 18. The number of carboxylic acids is 2. The molecule has 0 bridgehead atoms. The van der Waals surface area contributed by atoms with Gasteiger partial charge in [0.05, 0.1) is 36.6 Å². The van der Waals surface area contributed by atoms with Gasteiger partial charge in [-0.15, -0.1) is 0 Å². The van der Waals surface area contributed by atoms with Crippen LogP contribution >= 0.6 is 0 Å². The Balaban J connectivity index is 0.000000170. The van der Waals surface area contributed by atoms with E-state index in [0.717, 1.165) is 28.2 Å². The van der Waals surface area contributed by atoms with Crippen LogP contribution in [0.1, 0.15) is 48.4 Å². The van der Waals surface area contributed by atoms with Gasteiger partial charge in [0.25, 0.3) is 0 Å². The third kappa shape index (κ3) is 10.4. The Kier molecular flexibility index (Phi) is 13.6. The van der Waals surface area contributed by atoms with E-state index in [1.54, 1.807) is 49.3 Å². The molecular formula is C46H50F2N16O4. The van der Waals surface area contributed by atoms with E-state index in [9.17, 15) is 18.4 Å². The van der Waals surface area contributed by atoms with Crippen LogP contribution in [0.5, 0.6) is 0 Å². The molecule has 2 N–H and O–H groups in total. The largest absolute Gasteiger partial charge is 0.480 e. The van der Waals surface area contributed by atoms with Crippen LogP contribution in [0, 0.1) is 11.8 Å². The average molecular weight is 929 g/mol. The third-order valence-corrected chi connectivity index (χ3v) is 12.6. The number of aromatic nitrogens is 10. The highest BCUT2D eigenvalue weighted by atomic mass is 19.1. The summed E-state index contributed by atoms with van der Waals surface area (Å²) < 4.78 is 29.2. The molecule has 352 valence electrons. The Morgan fingerprint density at radius 3 is 1.49 bits per heavy atom. The summed E-state index contributed by atoms with van der Waals surface area (Å²) >= 11 is 0. The van der Waals surface area contributed by atoms with Crippen LogP contribution in [0.3, 0.4) is 0 Å². The Morgan fingerprint density at radius 2 is 1.00 bits per heavy atom. The number of piperazine rings is 2. The molecule has 2 atom stereocenters. The second-order valence-corrected chi connectivity index (χ2v) is 16.9. The van der Waals surface area contributed by atoms with Crippen molar-refractivity contribution in [2.75, 3.05) is 98.1 Å². The van der Waals surface area contributed by atoms with Gasteiger partial charge in [0, 0.05) is 157 Å². The molecular weight excluding hydrogens is 879 g/mol. The highest BCUT2D eigenvalue weighted by Crippen LogP contribution is 2.36. The molecule has 2 unspecified atom stereocenters. The molecule has 0 aliphatic carbocycles. The average Bonchev–Trinajstić information content (AvgIpc) is 3.34. The first-order chi connectivity index (χ1) is 32.9. The zero-order chi connectivity index (χ0) is 47.3. The lowest BCUT2D eigenvalue weighted by Gasteiger charge is -2.37. The first kappa shape index (κ1) is 45.7. The summed E-state index contributed by atoms with van der Waals surface area (Å²) in [6.45, 7) is 10.3. The van der Waals surface area contributed by atoms with Crippen LogP contribution in [0.2, 0.25) is 0 Å². The maximum atomic E-state index is 14.6. The molecule has 2 saturated heterocycles. The topological polar surface area (TPSA) is 223 Å². The third-order valence-electron chi connectivity index (χ3n) is 12.6. The van der Waals surface area contributed by atoms with Crippen molar-refractivity contribution in [1.82, 2.24) is 59.6 Å². The monoisotopic (exact) mass is 928 g/mol. The molecule has 0 amide bonds. The normalized spacial score (nSPS) is 18.6. The second kappa shape index (κ2) is 20.2. The van der Waals surface area contributed by atoms with Crippen LogP contribution in [-0.4, -0.2) is 160 Å². The van der Waals surface area contributed by atoms with Gasteiger partial charge in [-0.05, 0) is 26.0 Å². The lowest BCUT2D eigenvalue weighted by Crippen LogP contribution is -2.48. The Labute approximate surface area is 390 Å². The fourth-order valence-electron chi connectivity index (χ4n) is 9.06. The minimum Gasteiger partial charge on any atom is -0.480 e. The van der Waals surface area contributed by atoms with Gasteiger partial charge in [-0.25, -0.2) is 54.2 Å². The maximum absolute atomic E-state index is 14.6.